The van der Waals surface area contributed by atoms with Crippen LogP contribution in [0.15, 0.2) is 24.5 Å². The number of likely N-dealkylation sites (N-methyl/N-ethyl adjacent to an activating group) is 1. The summed E-state index contributed by atoms with van der Waals surface area (Å²) in [6, 6.07) is 4.21. The first-order valence-corrected chi connectivity index (χ1v) is 7.96. The summed E-state index contributed by atoms with van der Waals surface area (Å²) in [4.78, 5) is 6.48. The van der Waals surface area contributed by atoms with Crippen LogP contribution in [-0.2, 0) is 6.42 Å². The molecule has 0 radical (unpaired) electrons. The van der Waals surface area contributed by atoms with E-state index in [1.165, 1.54) is 37.9 Å². The summed E-state index contributed by atoms with van der Waals surface area (Å²) in [5.41, 5.74) is 1.38. The van der Waals surface area contributed by atoms with Gasteiger partial charge in [0.1, 0.15) is 0 Å². The minimum atomic E-state index is 0.759. The van der Waals surface area contributed by atoms with Crippen molar-refractivity contribution in [2.75, 3.05) is 33.2 Å². The van der Waals surface area contributed by atoms with Gasteiger partial charge < -0.3 is 10.2 Å². The normalized spacial score (nSPS) is 11.4. The van der Waals surface area contributed by atoms with Crippen LogP contribution in [0.2, 0.25) is 0 Å². The molecule has 0 aromatic carbocycles. The van der Waals surface area contributed by atoms with E-state index in [1.807, 2.05) is 12.4 Å². The van der Waals surface area contributed by atoms with Crippen molar-refractivity contribution in [2.24, 2.45) is 5.92 Å². The van der Waals surface area contributed by atoms with E-state index in [9.17, 15) is 0 Å². The number of pyridine rings is 1. The Kier molecular flexibility index (Phi) is 9.25. The van der Waals surface area contributed by atoms with E-state index in [4.69, 9.17) is 0 Å². The molecule has 0 aliphatic heterocycles. The lowest BCUT2D eigenvalue weighted by molar-refractivity contribution is 0.328. The summed E-state index contributed by atoms with van der Waals surface area (Å²) < 4.78 is 0. The van der Waals surface area contributed by atoms with Gasteiger partial charge in [0.2, 0.25) is 0 Å². The van der Waals surface area contributed by atoms with Crippen molar-refractivity contribution in [3.8, 4) is 0 Å². The maximum Gasteiger partial charge on any atom is 0.0270 e. The van der Waals surface area contributed by atoms with Crippen molar-refractivity contribution in [1.29, 1.82) is 0 Å². The fourth-order valence-corrected chi connectivity index (χ4v) is 2.18. The van der Waals surface area contributed by atoms with Gasteiger partial charge in [-0.25, -0.2) is 0 Å². The van der Waals surface area contributed by atoms with Crippen molar-refractivity contribution < 1.29 is 0 Å². The third kappa shape index (κ3) is 9.05. The number of hydrogen-bond donors (Lipinski definition) is 1. The second-order valence-corrected chi connectivity index (χ2v) is 6.07. The third-order valence-electron chi connectivity index (χ3n) is 3.48. The molecule has 1 aromatic rings. The second-order valence-electron chi connectivity index (χ2n) is 6.07. The van der Waals surface area contributed by atoms with Gasteiger partial charge in [0.25, 0.3) is 0 Å². The lowest BCUT2D eigenvalue weighted by atomic mass is 10.2. The quantitative estimate of drug-likeness (QED) is 0.630. The summed E-state index contributed by atoms with van der Waals surface area (Å²) in [7, 11) is 2.22. The van der Waals surface area contributed by atoms with Crippen molar-refractivity contribution in [1.82, 2.24) is 15.2 Å². The molecule has 1 heterocycles. The van der Waals surface area contributed by atoms with Crippen molar-refractivity contribution in [3.05, 3.63) is 30.1 Å². The Bertz CT molecular complexity index is 324. The van der Waals surface area contributed by atoms with Gasteiger partial charge in [-0.05, 0) is 69.6 Å². The van der Waals surface area contributed by atoms with E-state index >= 15 is 0 Å². The standard InChI is InChI=1S/C17H31N3/c1-16(2)15-19-10-5-4-6-13-20(3)14-9-17-7-11-18-12-8-17/h7-8,11-12,16,19H,4-6,9-10,13-15H2,1-3H3. The molecule has 0 saturated carbocycles. The van der Waals surface area contributed by atoms with E-state index in [0.717, 1.165) is 25.4 Å². The highest BCUT2D eigenvalue weighted by molar-refractivity contribution is 5.09. The van der Waals surface area contributed by atoms with Crippen molar-refractivity contribution >= 4 is 0 Å². The van der Waals surface area contributed by atoms with Crippen LogP contribution in [0, 0.1) is 5.92 Å². The first kappa shape index (κ1) is 17.1. The molecule has 3 heteroatoms. The van der Waals surface area contributed by atoms with Gasteiger partial charge >= 0.3 is 0 Å². The number of aromatic nitrogens is 1. The molecule has 1 rings (SSSR count). The van der Waals surface area contributed by atoms with Gasteiger partial charge in [-0.1, -0.05) is 20.3 Å². The first-order valence-electron chi connectivity index (χ1n) is 7.96. The molecule has 1 N–H and O–H groups in total. The van der Waals surface area contributed by atoms with Gasteiger partial charge in [-0.3, -0.25) is 4.98 Å². The lowest BCUT2D eigenvalue weighted by Crippen LogP contribution is -2.23. The predicted molar refractivity (Wildman–Crippen MR) is 87.0 cm³/mol. The van der Waals surface area contributed by atoms with E-state index in [0.29, 0.717) is 0 Å². The zero-order valence-corrected chi connectivity index (χ0v) is 13.4. The largest absolute Gasteiger partial charge is 0.316 e. The number of nitrogens with one attached hydrogen (secondary N) is 1. The average molecular weight is 277 g/mol. The lowest BCUT2D eigenvalue weighted by Gasteiger charge is -2.16. The van der Waals surface area contributed by atoms with Gasteiger partial charge in [0.05, 0.1) is 0 Å². The van der Waals surface area contributed by atoms with Gasteiger partial charge in [0, 0.05) is 18.9 Å². The molecule has 0 bridgehead atoms. The van der Waals surface area contributed by atoms with Crippen LogP contribution in [0.4, 0.5) is 0 Å². The molecule has 1 aromatic heterocycles. The van der Waals surface area contributed by atoms with Crippen LogP contribution in [0.1, 0.15) is 38.7 Å². The van der Waals surface area contributed by atoms with Gasteiger partial charge in [0.15, 0.2) is 0 Å². The molecule has 0 saturated heterocycles. The summed E-state index contributed by atoms with van der Waals surface area (Å²) in [5.74, 6) is 0.759. The van der Waals surface area contributed by atoms with Gasteiger partial charge in [-0.15, -0.1) is 0 Å². The van der Waals surface area contributed by atoms with E-state index in [-0.39, 0.29) is 0 Å². The van der Waals surface area contributed by atoms with Crippen LogP contribution in [-0.4, -0.2) is 43.1 Å². The number of nitrogens with zero attached hydrogens (tertiary/aromatic N) is 2. The molecule has 3 nitrogen and oxygen atoms in total. The molecule has 0 aliphatic rings. The van der Waals surface area contributed by atoms with E-state index in [1.54, 1.807) is 0 Å². The van der Waals surface area contributed by atoms with Crippen LogP contribution >= 0.6 is 0 Å². The summed E-state index contributed by atoms with van der Waals surface area (Å²) in [6.07, 6.45) is 8.79. The Morgan fingerprint density at radius 3 is 2.55 bits per heavy atom. The highest BCUT2D eigenvalue weighted by Crippen LogP contribution is 2.01. The van der Waals surface area contributed by atoms with E-state index in [2.05, 4.69) is 48.2 Å². The second kappa shape index (κ2) is 10.8. The minimum Gasteiger partial charge on any atom is -0.316 e. The monoisotopic (exact) mass is 277 g/mol. The SMILES string of the molecule is CC(C)CNCCCCCN(C)CCc1ccncc1. The zero-order valence-electron chi connectivity index (χ0n) is 13.4. The molecule has 0 spiro atoms. The highest BCUT2D eigenvalue weighted by atomic mass is 15.1. The molecule has 0 atom stereocenters. The summed E-state index contributed by atoms with van der Waals surface area (Å²) >= 11 is 0. The fourth-order valence-electron chi connectivity index (χ4n) is 2.18. The smallest absolute Gasteiger partial charge is 0.0270 e. The van der Waals surface area contributed by atoms with Crippen LogP contribution in [0.5, 0.6) is 0 Å². The Balaban J connectivity index is 1.94. The van der Waals surface area contributed by atoms with Gasteiger partial charge in [-0.2, -0.15) is 0 Å². The number of unbranched alkanes of at least 4 members (excludes halogenated alkanes) is 2. The molecular weight excluding hydrogens is 246 g/mol. The summed E-state index contributed by atoms with van der Waals surface area (Å²) in [5, 5.41) is 3.50. The number of rotatable bonds is 11. The van der Waals surface area contributed by atoms with E-state index < -0.39 is 0 Å². The minimum absolute atomic E-state index is 0.759. The van der Waals surface area contributed by atoms with Crippen molar-refractivity contribution in [3.63, 3.8) is 0 Å². The predicted octanol–water partition coefficient (Wildman–Crippen LogP) is 2.97. The molecule has 0 unspecified atom stereocenters. The summed E-state index contributed by atoms with van der Waals surface area (Å²) in [6.45, 7) is 9.16. The molecule has 0 aliphatic carbocycles. The molecule has 0 amide bonds. The fraction of sp³-hybridized carbons (Fsp3) is 0.706. The Morgan fingerprint density at radius 2 is 1.85 bits per heavy atom. The Morgan fingerprint density at radius 1 is 1.10 bits per heavy atom. The average Bonchev–Trinajstić information content (AvgIpc) is 2.45. The van der Waals surface area contributed by atoms with Crippen LogP contribution in [0.25, 0.3) is 0 Å². The Labute approximate surface area is 124 Å². The van der Waals surface area contributed by atoms with Crippen LogP contribution in [0.3, 0.4) is 0 Å². The topological polar surface area (TPSA) is 28.2 Å². The Hall–Kier alpha value is -0.930. The highest BCUT2D eigenvalue weighted by Gasteiger charge is 1.99. The molecule has 0 fully saturated rings. The van der Waals surface area contributed by atoms with Crippen molar-refractivity contribution in [2.45, 2.75) is 39.5 Å². The third-order valence-corrected chi connectivity index (χ3v) is 3.48. The first-order chi connectivity index (χ1) is 9.68. The molecule has 20 heavy (non-hydrogen) atoms. The zero-order chi connectivity index (χ0) is 14.6. The van der Waals surface area contributed by atoms with Crippen LogP contribution < -0.4 is 5.32 Å². The molecule has 114 valence electrons. The number of hydrogen-bond acceptors (Lipinski definition) is 3. The maximum absolute atomic E-state index is 4.05. The molecular formula is C17H31N3. The maximum atomic E-state index is 4.05.